The van der Waals surface area contributed by atoms with Crippen molar-refractivity contribution in [3.63, 3.8) is 0 Å². The minimum Gasteiger partial charge on any atom is -0.459 e. The molecule has 2 saturated carbocycles. The van der Waals surface area contributed by atoms with Gasteiger partial charge < -0.3 is 19.8 Å². The summed E-state index contributed by atoms with van der Waals surface area (Å²) in [5.41, 5.74) is 0.269. The lowest BCUT2D eigenvalue weighted by molar-refractivity contribution is -0.151. The van der Waals surface area contributed by atoms with Crippen LogP contribution in [0.5, 0.6) is 0 Å². The van der Waals surface area contributed by atoms with Gasteiger partial charge in [0.15, 0.2) is 0 Å². The molecule has 0 radical (unpaired) electrons. The smallest absolute Gasteiger partial charge is 0.398 e. The van der Waals surface area contributed by atoms with Crippen LogP contribution in [0.25, 0.3) is 0 Å². The van der Waals surface area contributed by atoms with Gasteiger partial charge in [-0.05, 0) is 69.0 Å². The summed E-state index contributed by atoms with van der Waals surface area (Å²) in [5, 5.41) is 20.6. The fourth-order valence-corrected chi connectivity index (χ4v) is 6.90. The molecule has 0 aromatic carbocycles. The first-order valence-electron chi connectivity index (χ1n) is 13.0. The first-order chi connectivity index (χ1) is 16.8. The monoisotopic (exact) mass is 531 g/mol. The standard InChI is InChI=1S/C20H30O8S.C6H15N/c1-12-4-7-16-19(2,9-8-17(22)20(16,3)11-21)14(12)6-5-13-15(10-27-18(13)23)28-29(24,25)26;1-4-7(5-2)6-3/h5,14-17,21-22H,1,4,6-11H2,2-3H3,(H,24,25,26);4-6H2,1-3H3/b13-5+;/t14-,15-,16+,17-,19+,20+;/m1./s1. The minimum atomic E-state index is -4.72. The Kier molecular flexibility index (Phi) is 10.7. The second-order valence-corrected chi connectivity index (χ2v) is 11.7. The zero-order chi connectivity index (χ0) is 27.3. The Balaban J connectivity index is 0.000000572. The third-order valence-electron chi connectivity index (χ3n) is 8.79. The molecule has 0 bridgehead atoms. The molecular formula is C26H45NO8S. The molecule has 0 amide bonds. The van der Waals surface area contributed by atoms with Gasteiger partial charge in [-0.15, -0.1) is 0 Å². The third-order valence-corrected chi connectivity index (χ3v) is 9.27. The van der Waals surface area contributed by atoms with Crippen LogP contribution in [-0.4, -0.2) is 79.1 Å². The Morgan fingerprint density at radius 3 is 2.31 bits per heavy atom. The van der Waals surface area contributed by atoms with E-state index in [0.717, 1.165) is 24.8 Å². The predicted octanol–water partition coefficient (Wildman–Crippen LogP) is 3.14. The highest BCUT2D eigenvalue weighted by Crippen LogP contribution is 2.61. The number of nitrogens with zero attached hydrogens (tertiary/aromatic N) is 1. The molecule has 10 heteroatoms. The summed E-state index contributed by atoms with van der Waals surface area (Å²) in [5.74, 6) is -0.592. The van der Waals surface area contributed by atoms with Gasteiger partial charge in [0, 0.05) is 5.41 Å². The van der Waals surface area contributed by atoms with Crippen LogP contribution in [0.1, 0.15) is 66.7 Å². The number of rotatable bonds is 8. The Hall–Kier alpha value is -1.30. The molecule has 0 spiro atoms. The van der Waals surface area contributed by atoms with Crippen LogP contribution in [-0.2, 0) is 24.1 Å². The topological polar surface area (TPSA) is 134 Å². The molecule has 0 aromatic rings. The molecule has 2 aliphatic carbocycles. The Bertz CT molecular complexity index is 909. The maximum atomic E-state index is 12.0. The summed E-state index contributed by atoms with van der Waals surface area (Å²) in [7, 11) is -4.72. The average molecular weight is 532 g/mol. The van der Waals surface area contributed by atoms with Crippen LogP contribution < -0.4 is 0 Å². The van der Waals surface area contributed by atoms with E-state index in [1.807, 2.05) is 6.92 Å². The molecule has 1 saturated heterocycles. The fraction of sp³-hybridized carbons (Fsp3) is 0.808. The lowest BCUT2D eigenvalue weighted by Crippen LogP contribution is -2.57. The quantitative estimate of drug-likeness (QED) is 0.187. The van der Waals surface area contributed by atoms with Crippen LogP contribution in [0.4, 0.5) is 0 Å². The van der Waals surface area contributed by atoms with Crippen molar-refractivity contribution in [1.82, 2.24) is 4.90 Å². The molecular weight excluding hydrogens is 486 g/mol. The molecule has 208 valence electrons. The molecule has 0 aromatic heterocycles. The lowest BCUT2D eigenvalue weighted by atomic mass is 9.46. The molecule has 3 fully saturated rings. The second kappa shape index (κ2) is 12.5. The first-order valence-corrected chi connectivity index (χ1v) is 14.4. The number of fused-ring (bicyclic) bond motifs is 1. The number of hydrogen-bond donors (Lipinski definition) is 3. The number of ether oxygens (including phenoxy) is 1. The van der Waals surface area contributed by atoms with Gasteiger partial charge in [-0.3, -0.25) is 4.55 Å². The van der Waals surface area contributed by atoms with Crippen molar-refractivity contribution in [3.8, 4) is 0 Å². The van der Waals surface area contributed by atoms with E-state index in [4.69, 9.17) is 9.29 Å². The van der Waals surface area contributed by atoms with Crippen molar-refractivity contribution in [1.29, 1.82) is 0 Å². The van der Waals surface area contributed by atoms with Crippen molar-refractivity contribution in [3.05, 3.63) is 23.8 Å². The van der Waals surface area contributed by atoms with Gasteiger partial charge in [0.05, 0.1) is 18.3 Å². The van der Waals surface area contributed by atoms with Gasteiger partial charge in [0.2, 0.25) is 0 Å². The van der Waals surface area contributed by atoms with Gasteiger partial charge in [-0.25, -0.2) is 8.98 Å². The number of carbonyl (C=O) groups is 1. The molecule has 3 aliphatic rings. The first kappa shape index (κ1) is 30.9. The van der Waals surface area contributed by atoms with E-state index in [0.29, 0.717) is 12.8 Å². The predicted molar refractivity (Wildman–Crippen MR) is 137 cm³/mol. The van der Waals surface area contributed by atoms with E-state index in [9.17, 15) is 23.4 Å². The van der Waals surface area contributed by atoms with E-state index in [-0.39, 0.29) is 36.0 Å². The maximum Gasteiger partial charge on any atom is 0.398 e. The van der Waals surface area contributed by atoms with Crippen molar-refractivity contribution in [2.75, 3.05) is 32.8 Å². The molecule has 3 rings (SSSR count). The van der Waals surface area contributed by atoms with Gasteiger partial charge in [-0.1, -0.05) is 52.8 Å². The number of esters is 1. The van der Waals surface area contributed by atoms with Gasteiger partial charge in [-0.2, -0.15) is 8.42 Å². The molecule has 6 atom stereocenters. The van der Waals surface area contributed by atoms with E-state index in [1.54, 1.807) is 6.08 Å². The van der Waals surface area contributed by atoms with E-state index < -0.39 is 34.0 Å². The molecule has 1 heterocycles. The lowest BCUT2D eigenvalue weighted by Gasteiger charge is -2.59. The summed E-state index contributed by atoms with van der Waals surface area (Å²) < 4.78 is 40.5. The number of carbonyl (C=O) groups excluding carboxylic acids is 1. The second-order valence-electron chi connectivity index (χ2n) is 10.7. The van der Waals surface area contributed by atoms with Gasteiger partial charge in [0.1, 0.15) is 12.7 Å². The minimum absolute atomic E-state index is 0.00749. The Labute approximate surface area is 216 Å². The Morgan fingerprint density at radius 1 is 1.19 bits per heavy atom. The zero-order valence-electron chi connectivity index (χ0n) is 22.4. The maximum absolute atomic E-state index is 12.0. The summed E-state index contributed by atoms with van der Waals surface area (Å²) in [6.07, 6.45) is 3.22. The summed E-state index contributed by atoms with van der Waals surface area (Å²) in [6.45, 7) is 18.0. The SMILES string of the molecule is C=C1CC[C@@H]2[C@](C)(CO)[C@H](O)CC[C@@]2(C)[C@@H]1C/C=C1/C(=O)OC[C@H]1OS(=O)(=O)O.CCN(CC)CC. The van der Waals surface area contributed by atoms with Crippen LogP contribution in [0.3, 0.4) is 0 Å². The summed E-state index contributed by atoms with van der Waals surface area (Å²) >= 11 is 0. The number of aliphatic hydroxyl groups excluding tert-OH is 2. The number of cyclic esters (lactones) is 1. The third kappa shape index (κ3) is 6.76. The highest BCUT2D eigenvalue weighted by Gasteiger charge is 2.57. The molecule has 0 unspecified atom stereocenters. The number of hydrogen-bond acceptors (Lipinski definition) is 8. The molecule has 36 heavy (non-hydrogen) atoms. The molecule has 1 aliphatic heterocycles. The average Bonchev–Trinajstić information content (AvgIpc) is 3.15. The highest BCUT2D eigenvalue weighted by atomic mass is 32.3. The van der Waals surface area contributed by atoms with Gasteiger partial charge in [0.25, 0.3) is 0 Å². The van der Waals surface area contributed by atoms with Crippen molar-refractivity contribution >= 4 is 16.4 Å². The van der Waals surface area contributed by atoms with Crippen LogP contribution in [0.15, 0.2) is 23.8 Å². The Morgan fingerprint density at radius 2 is 1.81 bits per heavy atom. The van der Waals surface area contributed by atoms with E-state index >= 15 is 0 Å². The summed E-state index contributed by atoms with van der Waals surface area (Å²) in [4.78, 5) is 14.4. The normalized spacial score (nSPS) is 35.9. The van der Waals surface area contributed by atoms with E-state index in [1.165, 1.54) is 19.6 Å². The van der Waals surface area contributed by atoms with Crippen molar-refractivity contribution in [2.24, 2.45) is 22.7 Å². The number of allylic oxidation sites excluding steroid dienone is 2. The van der Waals surface area contributed by atoms with Crippen molar-refractivity contribution < 1.29 is 36.9 Å². The zero-order valence-corrected chi connectivity index (χ0v) is 23.2. The van der Waals surface area contributed by atoms with Gasteiger partial charge >= 0.3 is 16.4 Å². The van der Waals surface area contributed by atoms with Crippen molar-refractivity contribution in [2.45, 2.75) is 78.9 Å². The highest BCUT2D eigenvalue weighted by molar-refractivity contribution is 7.80. The number of aliphatic hydroxyl groups is 2. The van der Waals surface area contributed by atoms with E-state index in [2.05, 4.69) is 43.4 Å². The van der Waals surface area contributed by atoms with Crippen LogP contribution >= 0.6 is 0 Å². The molecule has 9 nitrogen and oxygen atoms in total. The largest absolute Gasteiger partial charge is 0.459 e. The van der Waals surface area contributed by atoms with Crippen LogP contribution in [0, 0.1) is 22.7 Å². The molecule has 3 N–H and O–H groups in total. The fourth-order valence-electron chi connectivity index (χ4n) is 6.45. The summed E-state index contributed by atoms with van der Waals surface area (Å²) in [6, 6.07) is 0. The van der Waals surface area contributed by atoms with Crippen LogP contribution in [0.2, 0.25) is 0 Å².